The van der Waals surface area contributed by atoms with E-state index in [-0.39, 0.29) is 11.7 Å². The number of nitrogens with zero attached hydrogens (tertiary/aromatic N) is 1. The lowest BCUT2D eigenvalue weighted by Gasteiger charge is -2.19. The topological polar surface area (TPSA) is 65.2 Å². The summed E-state index contributed by atoms with van der Waals surface area (Å²) in [5.74, 6) is 0.237. The molecule has 82 valence electrons. The van der Waals surface area contributed by atoms with E-state index in [9.17, 15) is 4.79 Å². The minimum atomic E-state index is 0.0893. The van der Waals surface area contributed by atoms with Crippen LogP contribution in [0.15, 0.2) is 5.38 Å². The van der Waals surface area contributed by atoms with Crippen LogP contribution < -0.4 is 5.73 Å². The number of Topliss-reactive ketones (excluding diaryl/α,β-unsaturated/α-hetero) is 1. The summed E-state index contributed by atoms with van der Waals surface area (Å²) in [4.78, 5) is 16.2. The second-order valence-electron chi connectivity index (χ2n) is 3.58. The SMILES string of the molecule is NCc1nc(C(=O)C2CCOCC2)cs1. The first-order valence-electron chi connectivity index (χ1n) is 5.07. The van der Waals surface area contributed by atoms with E-state index in [4.69, 9.17) is 10.5 Å². The number of aromatic nitrogens is 1. The van der Waals surface area contributed by atoms with Gasteiger partial charge in [-0.1, -0.05) is 0 Å². The largest absolute Gasteiger partial charge is 0.381 e. The first-order chi connectivity index (χ1) is 7.31. The quantitative estimate of drug-likeness (QED) is 0.787. The zero-order valence-electron chi connectivity index (χ0n) is 8.44. The molecular weight excluding hydrogens is 212 g/mol. The molecular formula is C10H14N2O2S. The molecule has 1 aliphatic heterocycles. The standard InChI is InChI=1S/C10H14N2O2S/c11-5-9-12-8(6-15-9)10(13)7-1-3-14-4-2-7/h6-7H,1-5,11H2. The van der Waals surface area contributed by atoms with Gasteiger partial charge in [-0.25, -0.2) is 4.98 Å². The molecule has 1 aromatic rings. The zero-order valence-corrected chi connectivity index (χ0v) is 9.26. The lowest BCUT2D eigenvalue weighted by Crippen LogP contribution is -2.23. The van der Waals surface area contributed by atoms with Crippen molar-refractivity contribution in [2.24, 2.45) is 11.7 Å². The summed E-state index contributed by atoms with van der Waals surface area (Å²) in [6.07, 6.45) is 1.63. The van der Waals surface area contributed by atoms with E-state index in [2.05, 4.69) is 4.98 Å². The third kappa shape index (κ3) is 2.42. The van der Waals surface area contributed by atoms with E-state index in [0.717, 1.165) is 17.8 Å². The van der Waals surface area contributed by atoms with Gasteiger partial charge in [-0.3, -0.25) is 4.79 Å². The highest BCUT2D eigenvalue weighted by Crippen LogP contribution is 2.21. The van der Waals surface area contributed by atoms with Gasteiger partial charge >= 0.3 is 0 Å². The molecule has 0 radical (unpaired) electrons. The Hall–Kier alpha value is -0.780. The zero-order chi connectivity index (χ0) is 10.7. The van der Waals surface area contributed by atoms with E-state index in [1.165, 1.54) is 11.3 Å². The third-order valence-corrected chi connectivity index (χ3v) is 3.44. The molecule has 0 aromatic carbocycles. The van der Waals surface area contributed by atoms with Gasteiger partial charge < -0.3 is 10.5 Å². The van der Waals surface area contributed by atoms with Gasteiger partial charge in [0.1, 0.15) is 10.7 Å². The number of ether oxygens (including phenoxy) is 1. The molecule has 5 heteroatoms. The fraction of sp³-hybridized carbons (Fsp3) is 0.600. The normalized spacial score (nSPS) is 17.9. The van der Waals surface area contributed by atoms with E-state index in [1.807, 2.05) is 0 Å². The molecule has 2 N–H and O–H groups in total. The summed E-state index contributed by atoms with van der Waals surface area (Å²) in [6, 6.07) is 0. The molecule has 1 fully saturated rings. The average Bonchev–Trinajstić information content (AvgIpc) is 2.78. The number of rotatable bonds is 3. The van der Waals surface area contributed by atoms with Crippen molar-refractivity contribution in [2.45, 2.75) is 19.4 Å². The highest BCUT2D eigenvalue weighted by Gasteiger charge is 2.24. The fourth-order valence-electron chi connectivity index (χ4n) is 1.69. The lowest BCUT2D eigenvalue weighted by molar-refractivity contribution is 0.0542. The maximum absolute atomic E-state index is 12.0. The minimum absolute atomic E-state index is 0.0893. The number of thiazole rings is 1. The van der Waals surface area contributed by atoms with Gasteiger partial charge in [-0.15, -0.1) is 11.3 Å². The maximum atomic E-state index is 12.0. The van der Waals surface area contributed by atoms with E-state index in [1.54, 1.807) is 5.38 Å². The molecule has 15 heavy (non-hydrogen) atoms. The Morgan fingerprint density at radius 1 is 1.60 bits per heavy atom. The highest BCUT2D eigenvalue weighted by molar-refractivity contribution is 7.09. The Morgan fingerprint density at radius 3 is 2.93 bits per heavy atom. The van der Waals surface area contributed by atoms with Crippen molar-refractivity contribution in [2.75, 3.05) is 13.2 Å². The molecule has 0 saturated carbocycles. The predicted molar refractivity (Wildman–Crippen MR) is 57.9 cm³/mol. The number of carbonyl (C=O) groups is 1. The van der Waals surface area contributed by atoms with Crippen molar-refractivity contribution < 1.29 is 9.53 Å². The lowest BCUT2D eigenvalue weighted by atomic mass is 9.94. The van der Waals surface area contributed by atoms with E-state index >= 15 is 0 Å². The van der Waals surface area contributed by atoms with Crippen LogP contribution in [-0.2, 0) is 11.3 Å². The summed E-state index contributed by atoms with van der Waals surface area (Å²) in [6.45, 7) is 1.78. The molecule has 1 saturated heterocycles. The predicted octanol–water partition coefficient (Wildman–Crippen LogP) is 1.21. The second kappa shape index (κ2) is 4.83. The van der Waals surface area contributed by atoms with Gasteiger partial charge in [0.05, 0.1) is 0 Å². The van der Waals surface area contributed by atoms with Crippen LogP contribution in [0.25, 0.3) is 0 Å². The van der Waals surface area contributed by atoms with E-state index < -0.39 is 0 Å². The number of ketones is 1. The van der Waals surface area contributed by atoms with Crippen molar-refractivity contribution in [3.8, 4) is 0 Å². The van der Waals surface area contributed by atoms with Crippen molar-refractivity contribution in [1.29, 1.82) is 0 Å². The Labute approximate surface area is 92.5 Å². The maximum Gasteiger partial charge on any atom is 0.185 e. The number of hydrogen-bond donors (Lipinski definition) is 1. The van der Waals surface area contributed by atoms with Crippen LogP contribution in [0.2, 0.25) is 0 Å². The molecule has 1 aromatic heterocycles. The van der Waals surface area contributed by atoms with Crippen molar-refractivity contribution in [1.82, 2.24) is 4.98 Å². The van der Waals surface area contributed by atoms with Crippen LogP contribution in [-0.4, -0.2) is 24.0 Å². The first kappa shape index (κ1) is 10.7. The van der Waals surface area contributed by atoms with Crippen molar-refractivity contribution in [3.05, 3.63) is 16.1 Å². The number of hydrogen-bond acceptors (Lipinski definition) is 5. The molecule has 0 bridgehead atoms. The molecule has 2 heterocycles. The minimum Gasteiger partial charge on any atom is -0.381 e. The monoisotopic (exact) mass is 226 g/mol. The van der Waals surface area contributed by atoms with Gasteiger partial charge in [0.15, 0.2) is 5.78 Å². The Morgan fingerprint density at radius 2 is 2.33 bits per heavy atom. The molecule has 0 atom stereocenters. The highest BCUT2D eigenvalue weighted by atomic mass is 32.1. The fourth-order valence-corrected chi connectivity index (χ4v) is 2.35. The van der Waals surface area contributed by atoms with Crippen LogP contribution >= 0.6 is 11.3 Å². The first-order valence-corrected chi connectivity index (χ1v) is 5.95. The van der Waals surface area contributed by atoms with Gasteiger partial charge in [0.25, 0.3) is 0 Å². The molecule has 0 spiro atoms. The smallest absolute Gasteiger partial charge is 0.185 e. The molecule has 0 aliphatic carbocycles. The molecule has 1 aliphatic rings. The van der Waals surface area contributed by atoms with Crippen LogP contribution in [0.3, 0.4) is 0 Å². The average molecular weight is 226 g/mol. The third-order valence-electron chi connectivity index (χ3n) is 2.57. The van der Waals surface area contributed by atoms with Gasteiger partial charge in [0.2, 0.25) is 0 Å². The Bertz CT molecular complexity index is 345. The second-order valence-corrected chi connectivity index (χ2v) is 4.52. The Balaban J connectivity index is 2.05. The molecule has 0 unspecified atom stereocenters. The summed E-state index contributed by atoms with van der Waals surface area (Å²) in [7, 11) is 0. The van der Waals surface area contributed by atoms with Crippen LogP contribution in [0.1, 0.15) is 28.3 Å². The van der Waals surface area contributed by atoms with Gasteiger partial charge in [0, 0.05) is 31.1 Å². The van der Waals surface area contributed by atoms with Gasteiger partial charge in [-0.05, 0) is 12.8 Å². The Kier molecular flexibility index (Phi) is 3.45. The van der Waals surface area contributed by atoms with Crippen LogP contribution in [0, 0.1) is 5.92 Å². The molecule has 0 amide bonds. The number of nitrogens with two attached hydrogens (primary N) is 1. The molecule has 4 nitrogen and oxygen atoms in total. The summed E-state index contributed by atoms with van der Waals surface area (Å²) in [5, 5.41) is 2.63. The summed E-state index contributed by atoms with van der Waals surface area (Å²) in [5.41, 5.74) is 6.03. The van der Waals surface area contributed by atoms with Crippen molar-refractivity contribution in [3.63, 3.8) is 0 Å². The summed E-state index contributed by atoms with van der Waals surface area (Å²) >= 11 is 1.45. The molecule has 2 rings (SSSR count). The van der Waals surface area contributed by atoms with Crippen LogP contribution in [0.5, 0.6) is 0 Å². The van der Waals surface area contributed by atoms with Crippen LogP contribution in [0.4, 0.5) is 0 Å². The summed E-state index contributed by atoms with van der Waals surface area (Å²) < 4.78 is 5.22. The van der Waals surface area contributed by atoms with E-state index in [0.29, 0.717) is 25.5 Å². The van der Waals surface area contributed by atoms with Gasteiger partial charge in [-0.2, -0.15) is 0 Å². The van der Waals surface area contributed by atoms with Crippen molar-refractivity contribution >= 4 is 17.1 Å². The number of carbonyl (C=O) groups excluding carboxylic acids is 1.